The number of hydrogen-bond donors (Lipinski definition) is 0. The van der Waals surface area contributed by atoms with E-state index in [1.807, 2.05) is 6.07 Å². The van der Waals surface area contributed by atoms with Gasteiger partial charge in [0.2, 0.25) is 0 Å². The van der Waals surface area contributed by atoms with Gasteiger partial charge in [0, 0.05) is 43.9 Å². The van der Waals surface area contributed by atoms with Gasteiger partial charge in [0.1, 0.15) is 23.9 Å². The predicted molar refractivity (Wildman–Crippen MR) is 87.3 cm³/mol. The maximum atomic E-state index is 11.2. The number of carbonyl (C=O) groups excluding carboxylic acids is 1. The highest BCUT2D eigenvalue weighted by Gasteiger charge is 2.16. The Bertz CT molecular complexity index is 713. The molecule has 7 heteroatoms. The van der Waals surface area contributed by atoms with Crippen LogP contribution in [0.3, 0.4) is 0 Å². The molecule has 1 saturated heterocycles. The first-order valence-electron chi connectivity index (χ1n) is 7.52. The summed E-state index contributed by atoms with van der Waals surface area (Å²) in [5.41, 5.74) is 0.712. The monoisotopic (exact) mass is 335 g/mol. The third kappa shape index (κ3) is 3.71. The molecule has 1 aromatic carbocycles. The topological polar surface area (TPSA) is 64.6 Å². The average Bonchev–Trinajstić information content (AvgIpc) is 2.56. The number of halogens is 1. The lowest BCUT2D eigenvalue weighted by Crippen LogP contribution is -2.36. The minimum atomic E-state index is 0.343. The number of carbonyl (C=O) groups is 1. The average molecular weight is 336 g/mol. The molecule has 0 N–H and O–H groups in total. The number of methoxy groups -OCH3 is 1. The molecule has 0 radical (unpaired) electrons. The highest BCUT2D eigenvalue weighted by molar-refractivity contribution is 6.34. The van der Waals surface area contributed by atoms with Crippen LogP contribution in [0.1, 0.15) is 12.8 Å². The predicted octanol–water partition coefficient (Wildman–Crippen LogP) is 2.34. The van der Waals surface area contributed by atoms with Gasteiger partial charge < -0.3 is 9.47 Å². The Kier molecular flexibility index (Phi) is 4.93. The van der Waals surface area contributed by atoms with Gasteiger partial charge in [-0.15, -0.1) is 0 Å². The zero-order valence-electron chi connectivity index (χ0n) is 12.9. The number of likely N-dealkylation sites (tertiary alicyclic amines) is 1. The molecule has 1 aliphatic rings. The Morgan fingerprint density at radius 1 is 1.22 bits per heavy atom. The molecule has 0 saturated carbocycles. The van der Waals surface area contributed by atoms with E-state index in [0.717, 1.165) is 25.0 Å². The van der Waals surface area contributed by atoms with Crippen molar-refractivity contribution in [1.82, 2.24) is 14.9 Å². The maximum absolute atomic E-state index is 11.2. The van der Waals surface area contributed by atoms with Crippen molar-refractivity contribution in [1.29, 1.82) is 0 Å². The molecule has 2 heterocycles. The van der Waals surface area contributed by atoms with Crippen molar-refractivity contribution in [3.8, 4) is 11.5 Å². The van der Waals surface area contributed by atoms with Crippen LogP contribution >= 0.6 is 11.6 Å². The summed E-state index contributed by atoms with van der Waals surface area (Å²) in [6.07, 6.45) is 2.69. The van der Waals surface area contributed by atoms with Crippen molar-refractivity contribution in [2.75, 3.05) is 33.4 Å². The van der Waals surface area contributed by atoms with Crippen LogP contribution in [0.5, 0.6) is 11.5 Å². The summed E-state index contributed by atoms with van der Waals surface area (Å²) in [6.45, 7) is 2.91. The number of aromatic nitrogens is 2. The van der Waals surface area contributed by atoms with Crippen LogP contribution in [0.15, 0.2) is 18.5 Å². The first kappa shape index (κ1) is 16.0. The van der Waals surface area contributed by atoms with Gasteiger partial charge in [-0.25, -0.2) is 9.97 Å². The van der Waals surface area contributed by atoms with Gasteiger partial charge in [0.15, 0.2) is 11.5 Å². The van der Waals surface area contributed by atoms with Gasteiger partial charge in [-0.3, -0.25) is 9.69 Å². The number of benzene rings is 1. The Balaban J connectivity index is 1.68. The van der Waals surface area contributed by atoms with Gasteiger partial charge in [-0.1, -0.05) is 11.6 Å². The van der Waals surface area contributed by atoms with Crippen LogP contribution < -0.4 is 9.47 Å². The molecule has 0 unspecified atom stereocenters. The normalized spacial score (nSPS) is 15.8. The van der Waals surface area contributed by atoms with E-state index in [-0.39, 0.29) is 0 Å². The van der Waals surface area contributed by atoms with Crippen molar-refractivity contribution >= 4 is 28.3 Å². The minimum absolute atomic E-state index is 0.343. The van der Waals surface area contributed by atoms with Crippen LogP contribution in [0, 0.1) is 0 Å². The fourth-order valence-corrected chi connectivity index (χ4v) is 2.81. The molecule has 0 spiro atoms. The minimum Gasteiger partial charge on any atom is -0.493 e. The van der Waals surface area contributed by atoms with Crippen molar-refractivity contribution in [3.63, 3.8) is 0 Å². The number of hydrogen-bond acceptors (Lipinski definition) is 6. The molecule has 0 atom stereocenters. The fraction of sp³-hybridized carbons (Fsp3) is 0.438. The fourth-order valence-electron chi connectivity index (χ4n) is 2.62. The number of ether oxygens (including phenoxy) is 2. The Morgan fingerprint density at radius 2 is 2.00 bits per heavy atom. The Morgan fingerprint density at radius 3 is 2.74 bits per heavy atom. The number of piperidine rings is 1. The van der Waals surface area contributed by atoms with Crippen LogP contribution in [0.2, 0.25) is 5.15 Å². The van der Waals surface area contributed by atoms with E-state index in [0.29, 0.717) is 47.4 Å². The van der Waals surface area contributed by atoms with E-state index < -0.39 is 0 Å². The summed E-state index contributed by atoms with van der Waals surface area (Å²) < 4.78 is 11.2. The zero-order valence-corrected chi connectivity index (χ0v) is 13.7. The molecule has 122 valence electrons. The molecule has 0 bridgehead atoms. The summed E-state index contributed by atoms with van der Waals surface area (Å²) in [5.74, 6) is 1.57. The van der Waals surface area contributed by atoms with Crippen molar-refractivity contribution in [2.24, 2.45) is 0 Å². The molecule has 3 rings (SSSR count). The zero-order chi connectivity index (χ0) is 16.2. The first-order valence-corrected chi connectivity index (χ1v) is 7.90. The van der Waals surface area contributed by atoms with E-state index in [4.69, 9.17) is 21.1 Å². The second-order valence-electron chi connectivity index (χ2n) is 5.41. The van der Waals surface area contributed by atoms with Gasteiger partial charge >= 0.3 is 0 Å². The Labute approximate surface area is 139 Å². The number of ketones is 1. The van der Waals surface area contributed by atoms with Gasteiger partial charge in [-0.05, 0) is 6.07 Å². The maximum Gasteiger partial charge on any atom is 0.163 e. The van der Waals surface area contributed by atoms with Crippen molar-refractivity contribution in [3.05, 3.63) is 23.6 Å². The highest BCUT2D eigenvalue weighted by Crippen LogP contribution is 2.33. The van der Waals surface area contributed by atoms with E-state index in [9.17, 15) is 4.79 Å². The quantitative estimate of drug-likeness (QED) is 0.781. The summed E-state index contributed by atoms with van der Waals surface area (Å²) in [7, 11) is 1.59. The van der Waals surface area contributed by atoms with Crippen LogP contribution in [0.25, 0.3) is 10.9 Å². The van der Waals surface area contributed by atoms with Crippen LogP contribution in [-0.4, -0.2) is 54.0 Å². The van der Waals surface area contributed by atoms with E-state index >= 15 is 0 Å². The van der Waals surface area contributed by atoms with Gasteiger partial charge in [0.05, 0.1) is 12.6 Å². The molecule has 1 fully saturated rings. The first-order chi connectivity index (χ1) is 11.2. The summed E-state index contributed by atoms with van der Waals surface area (Å²) in [5, 5.41) is 1.12. The number of rotatable bonds is 5. The van der Waals surface area contributed by atoms with E-state index in [1.165, 1.54) is 6.33 Å². The van der Waals surface area contributed by atoms with E-state index in [2.05, 4.69) is 14.9 Å². The lowest BCUT2D eigenvalue weighted by molar-refractivity contribution is -0.121. The van der Waals surface area contributed by atoms with Crippen molar-refractivity contribution in [2.45, 2.75) is 12.8 Å². The highest BCUT2D eigenvalue weighted by atomic mass is 35.5. The Hall–Kier alpha value is -1.92. The van der Waals surface area contributed by atoms with Crippen LogP contribution in [0.4, 0.5) is 0 Å². The molecule has 6 nitrogen and oxygen atoms in total. The van der Waals surface area contributed by atoms with Gasteiger partial charge in [-0.2, -0.15) is 0 Å². The SMILES string of the molecule is COc1cc2c(Cl)ncnc2cc1OCCN1CCC(=O)CC1. The second kappa shape index (κ2) is 7.10. The molecule has 0 amide bonds. The summed E-state index contributed by atoms with van der Waals surface area (Å²) >= 11 is 6.07. The summed E-state index contributed by atoms with van der Waals surface area (Å²) in [6, 6.07) is 3.59. The third-order valence-electron chi connectivity index (χ3n) is 3.95. The van der Waals surface area contributed by atoms with E-state index in [1.54, 1.807) is 13.2 Å². The number of Topliss-reactive ketones (excluding diaryl/α,β-unsaturated/α-hetero) is 1. The largest absolute Gasteiger partial charge is 0.493 e. The molecular weight excluding hydrogens is 318 g/mol. The molecule has 2 aromatic rings. The summed E-state index contributed by atoms with van der Waals surface area (Å²) in [4.78, 5) is 21.6. The molecular formula is C16H18ClN3O3. The number of nitrogens with zero attached hydrogens (tertiary/aromatic N) is 3. The smallest absolute Gasteiger partial charge is 0.163 e. The van der Waals surface area contributed by atoms with Crippen molar-refractivity contribution < 1.29 is 14.3 Å². The lowest BCUT2D eigenvalue weighted by atomic mass is 10.1. The standard InChI is InChI=1S/C16H18ClN3O3/c1-22-14-8-12-13(18-10-19-16(12)17)9-15(14)23-7-6-20-4-2-11(21)3-5-20/h8-10H,2-7H2,1H3. The lowest BCUT2D eigenvalue weighted by Gasteiger charge is -2.25. The van der Waals surface area contributed by atoms with Gasteiger partial charge in [0.25, 0.3) is 0 Å². The molecule has 1 aliphatic heterocycles. The molecule has 1 aromatic heterocycles. The third-order valence-corrected chi connectivity index (χ3v) is 4.25. The van der Waals surface area contributed by atoms with Crippen LogP contribution in [-0.2, 0) is 4.79 Å². The molecule has 0 aliphatic carbocycles. The second-order valence-corrected chi connectivity index (χ2v) is 5.77. The molecule has 23 heavy (non-hydrogen) atoms. The number of fused-ring (bicyclic) bond motifs is 1.